The maximum absolute atomic E-state index is 6.07. The molecule has 2 nitrogen and oxygen atoms in total. The van der Waals surface area contributed by atoms with Crippen molar-refractivity contribution in [2.24, 2.45) is 10.9 Å². The van der Waals surface area contributed by atoms with Crippen LogP contribution in [-0.4, -0.2) is 18.5 Å². The molecule has 1 aromatic carbocycles. The minimum Gasteiger partial charge on any atom is -0.475 e. The molecular formula is C12H14ClNO. The van der Waals surface area contributed by atoms with Gasteiger partial charge in [0, 0.05) is 0 Å². The van der Waals surface area contributed by atoms with E-state index in [0.717, 1.165) is 5.56 Å². The molecule has 0 fully saturated rings. The van der Waals surface area contributed by atoms with Crippen LogP contribution in [0.4, 0.5) is 0 Å². The van der Waals surface area contributed by atoms with Crippen molar-refractivity contribution < 1.29 is 4.74 Å². The molecule has 2 rings (SSSR count). The number of aliphatic imine (C=N–C) groups is 1. The fraction of sp³-hybridized carbons (Fsp3) is 0.417. The normalized spacial score (nSPS) is 20.3. The summed E-state index contributed by atoms with van der Waals surface area (Å²) >= 11 is 6.07. The van der Waals surface area contributed by atoms with Crippen molar-refractivity contribution in [3.8, 4) is 0 Å². The van der Waals surface area contributed by atoms with Crippen molar-refractivity contribution in [2.45, 2.75) is 19.9 Å². The molecule has 0 bridgehead atoms. The van der Waals surface area contributed by atoms with Crippen LogP contribution in [0.2, 0.25) is 5.02 Å². The number of ether oxygens (including phenoxy) is 1. The highest BCUT2D eigenvalue weighted by atomic mass is 35.5. The molecule has 80 valence electrons. The fourth-order valence-electron chi connectivity index (χ4n) is 1.51. The molecule has 1 atom stereocenters. The molecule has 0 spiro atoms. The van der Waals surface area contributed by atoms with E-state index in [1.807, 2.05) is 24.3 Å². The van der Waals surface area contributed by atoms with Crippen molar-refractivity contribution in [1.29, 1.82) is 0 Å². The van der Waals surface area contributed by atoms with E-state index < -0.39 is 0 Å². The van der Waals surface area contributed by atoms with Crippen molar-refractivity contribution in [1.82, 2.24) is 0 Å². The molecule has 15 heavy (non-hydrogen) atoms. The Labute approximate surface area is 94.9 Å². The number of halogens is 1. The van der Waals surface area contributed by atoms with Crippen LogP contribution in [0.3, 0.4) is 0 Å². The largest absolute Gasteiger partial charge is 0.475 e. The quantitative estimate of drug-likeness (QED) is 0.755. The predicted molar refractivity (Wildman–Crippen MR) is 62.6 cm³/mol. The van der Waals surface area contributed by atoms with E-state index in [1.165, 1.54) is 0 Å². The van der Waals surface area contributed by atoms with Gasteiger partial charge in [-0.2, -0.15) is 0 Å². The second-order valence-corrected chi connectivity index (χ2v) is 4.44. The van der Waals surface area contributed by atoms with E-state index in [-0.39, 0.29) is 6.04 Å². The third-order valence-corrected chi connectivity index (χ3v) is 2.88. The second-order valence-electron chi connectivity index (χ2n) is 4.04. The monoisotopic (exact) mass is 223 g/mol. The van der Waals surface area contributed by atoms with Gasteiger partial charge < -0.3 is 4.74 Å². The van der Waals surface area contributed by atoms with Crippen molar-refractivity contribution >= 4 is 17.5 Å². The molecule has 0 N–H and O–H groups in total. The Bertz CT molecular complexity index is 387. The maximum Gasteiger partial charge on any atom is 0.218 e. The van der Waals surface area contributed by atoms with Crippen LogP contribution in [0.1, 0.15) is 19.4 Å². The minimum absolute atomic E-state index is 0.260. The first kappa shape index (κ1) is 10.5. The Morgan fingerprint density at radius 1 is 1.40 bits per heavy atom. The van der Waals surface area contributed by atoms with Gasteiger partial charge in [0.05, 0.1) is 16.6 Å². The molecule has 0 amide bonds. The molecule has 1 aliphatic rings. The average molecular weight is 224 g/mol. The molecule has 1 unspecified atom stereocenters. The zero-order valence-electron chi connectivity index (χ0n) is 8.90. The van der Waals surface area contributed by atoms with Gasteiger partial charge in [0.2, 0.25) is 5.90 Å². The lowest BCUT2D eigenvalue weighted by atomic mass is 10.1. The van der Waals surface area contributed by atoms with Gasteiger partial charge in [-0.25, -0.2) is 4.99 Å². The second kappa shape index (κ2) is 4.23. The molecule has 1 aliphatic heterocycles. The maximum atomic E-state index is 6.07. The highest BCUT2D eigenvalue weighted by Gasteiger charge is 2.23. The van der Waals surface area contributed by atoms with Gasteiger partial charge in [0.15, 0.2) is 0 Å². The van der Waals surface area contributed by atoms with Gasteiger partial charge in [-0.3, -0.25) is 0 Å². The highest BCUT2D eigenvalue weighted by Crippen LogP contribution is 2.22. The van der Waals surface area contributed by atoms with E-state index in [4.69, 9.17) is 16.3 Å². The number of rotatable bonds is 2. The van der Waals surface area contributed by atoms with E-state index >= 15 is 0 Å². The molecule has 0 radical (unpaired) electrons. The lowest BCUT2D eigenvalue weighted by Crippen LogP contribution is -2.13. The number of nitrogens with zero attached hydrogens (tertiary/aromatic N) is 1. The van der Waals surface area contributed by atoms with Gasteiger partial charge >= 0.3 is 0 Å². The molecule has 0 saturated carbocycles. The summed E-state index contributed by atoms with van der Waals surface area (Å²) < 4.78 is 5.56. The Hall–Kier alpha value is -1.02. The first-order valence-electron chi connectivity index (χ1n) is 5.14. The Balaban J connectivity index is 2.27. The zero-order chi connectivity index (χ0) is 10.8. The summed E-state index contributed by atoms with van der Waals surface area (Å²) in [5.74, 6) is 1.18. The number of hydrogen-bond acceptors (Lipinski definition) is 2. The summed E-state index contributed by atoms with van der Waals surface area (Å²) in [6.07, 6.45) is 0. The van der Waals surface area contributed by atoms with Gasteiger partial charge in [-0.15, -0.1) is 0 Å². The van der Waals surface area contributed by atoms with E-state index in [0.29, 0.717) is 23.4 Å². The van der Waals surface area contributed by atoms with Gasteiger partial charge in [-0.05, 0) is 18.1 Å². The molecule has 0 aliphatic carbocycles. The van der Waals surface area contributed by atoms with Crippen molar-refractivity contribution in [3.05, 3.63) is 34.9 Å². The SMILES string of the molecule is CC(C)C1COC(c2ccccc2Cl)=N1. The van der Waals surface area contributed by atoms with Crippen LogP contribution < -0.4 is 0 Å². The van der Waals surface area contributed by atoms with Gasteiger partial charge in [-0.1, -0.05) is 37.6 Å². The molecule has 1 aromatic rings. The van der Waals surface area contributed by atoms with Crippen molar-refractivity contribution in [2.75, 3.05) is 6.61 Å². The Kier molecular flexibility index (Phi) is 2.96. The highest BCUT2D eigenvalue weighted by molar-refractivity contribution is 6.33. The first-order valence-corrected chi connectivity index (χ1v) is 5.52. The van der Waals surface area contributed by atoms with Crippen LogP contribution in [0.25, 0.3) is 0 Å². The zero-order valence-corrected chi connectivity index (χ0v) is 9.66. The standard InChI is InChI=1S/C12H14ClNO/c1-8(2)11-7-15-12(14-11)9-5-3-4-6-10(9)13/h3-6,8,11H,7H2,1-2H3. The average Bonchev–Trinajstić information content (AvgIpc) is 2.67. The molecule has 1 heterocycles. The summed E-state index contributed by atoms with van der Waals surface area (Å²) in [4.78, 5) is 4.53. The fourth-order valence-corrected chi connectivity index (χ4v) is 1.73. The van der Waals surface area contributed by atoms with Crippen LogP contribution in [0.5, 0.6) is 0 Å². The molecule has 0 aromatic heterocycles. The first-order chi connectivity index (χ1) is 7.18. The Morgan fingerprint density at radius 2 is 2.13 bits per heavy atom. The van der Waals surface area contributed by atoms with E-state index in [1.54, 1.807) is 0 Å². The van der Waals surface area contributed by atoms with Gasteiger partial charge in [0.25, 0.3) is 0 Å². The van der Waals surface area contributed by atoms with Crippen LogP contribution in [-0.2, 0) is 4.74 Å². The number of benzene rings is 1. The summed E-state index contributed by atoms with van der Waals surface area (Å²) in [6.45, 7) is 4.96. The molecular weight excluding hydrogens is 210 g/mol. The van der Waals surface area contributed by atoms with E-state index in [2.05, 4.69) is 18.8 Å². The topological polar surface area (TPSA) is 21.6 Å². The third kappa shape index (κ3) is 2.15. The number of hydrogen-bond donors (Lipinski definition) is 0. The molecule has 3 heteroatoms. The lowest BCUT2D eigenvalue weighted by molar-refractivity contribution is 0.292. The lowest BCUT2D eigenvalue weighted by Gasteiger charge is -2.06. The van der Waals surface area contributed by atoms with Crippen LogP contribution >= 0.6 is 11.6 Å². The summed E-state index contributed by atoms with van der Waals surface area (Å²) in [5, 5.41) is 0.695. The predicted octanol–water partition coefficient (Wildman–Crippen LogP) is 3.14. The summed E-state index contributed by atoms with van der Waals surface area (Å²) in [6, 6.07) is 7.89. The van der Waals surface area contributed by atoms with E-state index in [9.17, 15) is 0 Å². The third-order valence-electron chi connectivity index (χ3n) is 2.55. The summed E-state index contributed by atoms with van der Waals surface area (Å²) in [5.41, 5.74) is 0.891. The van der Waals surface area contributed by atoms with Gasteiger partial charge in [0.1, 0.15) is 6.61 Å². The smallest absolute Gasteiger partial charge is 0.218 e. The Morgan fingerprint density at radius 3 is 2.73 bits per heavy atom. The van der Waals surface area contributed by atoms with Crippen LogP contribution in [0.15, 0.2) is 29.3 Å². The van der Waals surface area contributed by atoms with Crippen molar-refractivity contribution in [3.63, 3.8) is 0 Å². The summed E-state index contributed by atoms with van der Waals surface area (Å²) in [7, 11) is 0. The van der Waals surface area contributed by atoms with Crippen LogP contribution in [0, 0.1) is 5.92 Å². The minimum atomic E-state index is 0.260. The molecule has 0 saturated heterocycles.